The number of aryl methyl sites for hydroxylation is 1. The van der Waals surface area contributed by atoms with E-state index in [-0.39, 0.29) is 4.90 Å². The zero-order valence-electron chi connectivity index (χ0n) is 8.48. The van der Waals surface area contributed by atoms with Crippen molar-refractivity contribution in [2.75, 3.05) is 19.0 Å². The average Bonchev–Trinajstić information content (AvgIpc) is 2.01. The van der Waals surface area contributed by atoms with Gasteiger partial charge in [-0.2, -0.15) is 0 Å². The van der Waals surface area contributed by atoms with Gasteiger partial charge in [0.2, 0.25) is 10.0 Å². The van der Waals surface area contributed by atoms with Crippen LogP contribution < -0.4 is 10.0 Å². The van der Waals surface area contributed by atoms with E-state index in [1.54, 1.807) is 19.1 Å². The Kier molecular flexibility index (Phi) is 2.82. The summed E-state index contributed by atoms with van der Waals surface area (Å²) in [6.07, 6.45) is 0. The maximum absolute atomic E-state index is 11.1. The molecule has 14 heavy (non-hydrogen) atoms. The molecule has 0 saturated heterocycles. The van der Waals surface area contributed by atoms with Crippen LogP contribution in [0.3, 0.4) is 0 Å². The van der Waals surface area contributed by atoms with E-state index in [1.165, 1.54) is 6.07 Å². The molecule has 0 aliphatic heterocycles. The molecule has 0 bridgehead atoms. The molecule has 1 aromatic rings. The number of hydrogen-bond donors (Lipinski definition) is 1. The topological polar surface area (TPSA) is 63.4 Å². The van der Waals surface area contributed by atoms with Crippen molar-refractivity contribution < 1.29 is 8.42 Å². The second-order valence-electron chi connectivity index (χ2n) is 3.39. The van der Waals surface area contributed by atoms with Gasteiger partial charge < -0.3 is 4.90 Å². The molecule has 2 N–H and O–H groups in total. The molecule has 0 aromatic heterocycles. The Morgan fingerprint density at radius 1 is 1.29 bits per heavy atom. The Hall–Kier alpha value is -1.07. The third-order valence-electron chi connectivity index (χ3n) is 1.98. The summed E-state index contributed by atoms with van der Waals surface area (Å²) in [5.41, 5.74) is 1.62. The largest absolute Gasteiger partial charge is 0.378 e. The summed E-state index contributed by atoms with van der Waals surface area (Å²) in [5, 5.41) is 5.04. The van der Waals surface area contributed by atoms with E-state index < -0.39 is 10.0 Å². The molecule has 0 heterocycles. The van der Waals surface area contributed by atoms with E-state index in [9.17, 15) is 8.42 Å². The van der Waals surface area contributed by atoms with Crippen molar-refractivity contribution in [2.24, 2.45) is 5.14 Å². The van der Waals surface area contributed by atoms with Gasteiger partial charge in [0.15, 0.2) is 0 Å². The number of sulfonamides is 1. The maximum Gasteiger partial charge on any atom is 0.238 e. The molecule has 1 aromatic carbocycles. The highest BCUT2D eigenvalue weighted by Crippen LogP contribution is 2.19. The Bertz CT molecular complexity index is 438. The predicted molar refractivity (Wildman–Crippen MR) is 56.9 cm³/mol. The number of anilines is 1. The fraction of sp³-hybridized carbons (Fsp3) is 0.333. The molecule has 0 unspecified atom stereocenters. The molecular weight excluding hydrogens is 200 g/mol. The summed E-state index contributed by atoms with van der Waals surface area (Å²) in [6, 6.07) is 5.05. The van der Waals surface area contributed by atoms with Gasteiger partial charge in [-0.05, 0) is 30.7 Å². The number of rotatable bonds is 2. The van der Waals surface area contributed by atoms with Gasteiger partial charge in [-0.15, -0.1) is 0 Å². The van der Waals surface area contributed by atoms with Crippen LogP contribution in [0.2, 0.25) is 0 Å². The molecule has 1 rings (SSSR count). The molecule has 4 nitrogen and oxygen atoms in total. The minimum absolute atomic E-state index is 0.183. The SMILES string of the molecule is Cc1cc(N(C)C)ccc1S(N)(=O)=O. The van der Waals surface area contributed by atoms with Crippen LogP contribution in [0.25, 0.3) is 0 Å². The first kappa shape index (κ1) is 11.0. The highest BCUT2D eigenvalue weighted by Gasteiger charge is 2.11. The van der Waals surface area contributed by atoms with Gasteiger partial charge in [0.05, 0.1) is 4.90 Å². The fourth-order valence-corrected chi connectivity index (χ4v) is 2.00. The summed E-state index contributed by atoms with van der Waals surface area (Å²) < 4.78 is 22.2. The van der Waals surface area contributed by atoms with E-state index in [4.69, 9.17) is 5.14 Å². The third kappa shape index (κ3) is 2.24. The normalized spacial score (nSPS) is 11.4. The standard InChI is InChI=1S/C9H14N2O2S/c1-7-6-8(11(2)3)4-5-9(7)14(10,12)13/h4-6H,1-3H3,(H2,10,12,13). The van der Waals surface area contributed by atoms with Crippen LogP contribution in [-0.2, 0) is 10.0 Å². The second kappa shape index (κ2) is 3.59. The first-order valence-corrected chi connectivity index (χ1v) is 5.68. The van der Waals surface area contributed by atoms with Gasteiger partial charge >= 0.3 is 0 Å². The Morgan fingerprint density at radius 3 is 2.21 bits per heavy atom. The van der Waals surface area contributed by atoms with Gasteiger partial charge in [0.25, 0.3) is 0 Å². The Balaban J connectivity index is 3.28. The van der Waals surface area contributed by atoms with Crippen molar-refractivity contribution in [3.05, 3.63) is 23.8 Å². The zero-order chi connectivity index (χ0) is 10.9. The lowest BCUT2D eigenvalue weighted by Gasteiger charge is -2.14. The molecular formula is C9H14N2O2S. The van der Waals surface area contributed by atoms with Gasteiger partial charge in [0, 0.05) is 19.8 Å². The number of benzene rings is 1. The lowest BCUT2D eigenvalue weighted by atomic mass is 10.2. The third-order valence-corrected chi connectivity index (χ3v) is 3.05. The lowest BCUT2D eigenvalue weighted by molar-refractivity contribution is 0.597. The second-order valence-corrected chi connectivity index (χ2v) is 4.92. The summed E-state index contributed by atoms with van der Waals surface area (Å²) in [5.74, 6) is 0. The van der Waals surface area contributed by atoms with Gasteiger partial charge in [-0.3, -0.25) is 0 Å². The summed E-state index contributed by atoms with van der Waals surface area (Å²) >= 11 is 0. The summed E-state index contributed by atoms with van der Waals surface area (Å²) in [4.78, 5) is 2.09. The van der Waals surface area contributed by atoms with E-state index in [1.807, 2.05) is 19.0 Å². The van der Waals surface area contributed by atoms with Crippen LogP contribution in [-0.4, -0.2) is 22.5 Å². The van der Waals surface area contributed by atoms with Gasteiger partial charge in [-0.1, -0.05) is 0 Å². The molecule has 0 aliphatic carbocycles. The zero-order valence-corrected chi connectivity index (χ0v) is 9.30. The number of nitrogens with two attached hydrogens (primary N) is 1. The predicted octanol–water partition coefficient (Wildman–Crippen LogP) is 0.708. The van der Waals surface area contributed by atoms with Crippen molar-refractivity contribution in [2.45, 2.75) is 11.8 Å². The van der Waals surface area contributed by atoms with E-state index in [0.717, 1.165) is 5.69 Å². The molecule has 0 fully saturated rings. The smallest absolute Gasteiger partial charge is 0.238 e. The average molecular weight is 214 g/mol. The summed E-state index contributed by atoms with van der Waals surface area (Å²) in [6.45, 7) is 1.73. The quantitative estimate of drug-likeness (QED) is 0.788. The molecule has 0 spiro atoms. The molecule has 0 saturated carbocycles. The van der Waals surface area contributed by atoms with E-state index in [2.05, 4.69) is 0 Å². The number of nitrogens with zero attached hydrogens (tertiary/aromatic N) is 1. The molecule has 5 heteroatoms. The Morgan fingerprint density at radius 2 is 1.86 bits per heavy atom. The van der Waals surface area contributed by atoms with Crippen molar-refractivity contribution in [3.8, 4) is 0 Å². The van der Waals surface area contributed by atoms with Crippen LogP contribution in [0.15, 0.2) is 23.1 Å². The van der Waals surface area contributed by atoms with Crippen LogP contribution in [0.4, 0.5) is 5.69 Å². The van der Waals surface area contributed by atoms with Crippen molar-refractivity contribution in [3.63, 3.8) is 0 Å². The van der Waals surface area contributed by atoms with Crippen LogP contribution in [0.1, 0.15) is 5.56 Å². The summed E-state index contributed by atoms with van der Waals surface area (Å²) in [7, 11) is 0.194. The van der Waals surface area contributed by atoms with E-state index >= 15 is 0 Å². The van der Waals surface area contributed by atoms with Crippen LogP contribution in [0, 0.1) is 6.92 Å². The number of primary sulfonamides is 1. The highest BCUT2D eigenvalue weighted by atomic mass is 32.2. The van der Waals surface area contributed by atoms with Gasteiger partial charge in [-0.25, -0.2) is 13.6 Å². The first-order valence-electron chi connectivity index (χ1n) is 4.13. The monoisotopic (exact) mass is 214 g/mol. The molecule has 0 atom stereocenters. The van der Waals surface area contributed by atoms with Crippen molar-refractivity contribution >= 4 is 15.7 Å². The molecule has 0 aliphatic rings. The number of hydrogen-bond acceptors (Lipinski definition) is 3. The molecule has 0 radical (unpaired) electrons. The minimum atomic E-state index is -3.59. The van der Waals surface area contributed by atoms with Gasteiger partial charge in [0.1, 0.15) is 0 Å². The van der Waals surface area contributed by atoms with Crippen molar-refractivity contribution in [1.82, 2.24) is 0 Å². The first-order chi connectivity index (χ1) is 6.32. The lowest BCUT2D eigenvalue weighted by Crippen LogP contribution is -2.15. The van der Waals surface area contributed by atoms with Crippen LogP contribution >= 0.6 is 0 Å². The highest BCUT2D eigenvalue weighted by molar-refractivity contribution is 7.89. The van der Waals surface area contributed by atoms with Crippen LogP contribution in [0.5, 0.6) is 0 Å². The van der Waals surface area contributed by atoms with Crippen molar-refractivity contribution in [1.29, 1.82) is 0 Å². The Labute approximate surface area is 84.4 Å². The molecule has 78 valence electrons. The fourth-order valence-electron chi connectivity index (χ4n) is 1.23. The van der Waals surface area contributed by atoms with E-state index in [0.29, 0.717) is 5.56 Å². The maximum atomic E-state index is 11.1. The molecule has 0 amide bonds. The minimum Gasteiger partial charge on any atom is -0.378 e.